The first kappa shape index (κ1) is 31.7. The monoisotopic (exact) mass is 618 g/mol. The summed E-state index contributed by atoms with van der Waals surface area (Å²) in [7, 11) is 7.15. The molecule has 3 aliphatic rings. The molecule has 7 N–H and O–H groups in total. The molecule has 0 radical (unpaired) electrons. The zero-order valence-corrected chi connectivity index (χ0v) is 25.6. The molecule has 45 heavy (non-hydrogen) atoms. The number of carbonyl (C=O) groups excluding carboxylic acids is 4. The Morgan fingerprint density at radius 3 is 2.33 bits per heavy atom. The highest BCUT2D eigenvalue weighted by atomic mass is 16.3. The van der Waals surface area contributed by atoms with Crippen molar-refractivity contribution in [3.63, 3.8) is 0 Å². The van der Waals surface area contributed by atoms with E-state index in [1.165, 1.54) is 0 Å². The minimum Gasteiger partial charge on any atom is -0.511 e. The Morgan fingerprint density at radius 1 is 1.07 bits per heavy atom. The lowest BCUT2D eigenvalue weighted by Crippen LogP contribution is -2.57. The third-order valence-electron chi connectivity index (χ3n) is 9.25. The smallest absolute Gasteiger partial charge is 0.255 e. The minimum absolute atomic E-state index is 0.0433. The lowest BCUT2D eigenvalue weighted by molar-refractivity contribution is -0.144. The summed E-state index contributed by atoms with van der Waals surface area (Å²) < 4.78 is 0. The number of ketones is 2. The van der Waals surface area contributed by atoms with Crippen LogP contribution in [0, 0.1) is 11.8 Å². The van der Waals surface area contributed by atoms with Crippen LogP contribution in [0.15, 0.2) is 59.1 Å². The van der Waals surface area contributed by atoms with Crippen molar-refractivity contribution in [3.8, 4) is 5.75 Å². The quantitative estimate of drug-likeness (QED) is 0.236. The van der Waals surface area contributed by atoms with Crippen LogP contribution in [0.5, 0.6) is 5.75 Å². The van der Waals surface area contributed by atoms with Crippen molar-refractivity contribution in [2.75, 3.05) is 33.1 Å². The number of aromatic hydroxyl groups is 1. The van der Waals surface area contributed by atoms with Crippen LogP contribution in [0.2, 0.25) is 0 Å². The zero-order valence-electron chi connectivity index (χ0n) is 25.6. The van der Waals surface area contributed by atoms with E-state index >= 15 is 0 Å². The molecule has 0 saturated carbocycles. The third-order valence-corrected chi connectivity index (χ3v) is 9.25. The van der Waals surface area contributed by atoms with Crippen LogP contribution in [-0.4, -0.2) is 88.5 Å². The lowest BCUT2D eigenvalue weighted by atomic mass is 9.60. The van der Waals surface area contributed by atoms with Crippen molar-refractivity contribution in [3.05, 3.63) is 81.3 Å². The Bertz CT molecular complexity index is 1660. The first-order valence-corrected chi connectivity index (χ1v) is 14.7. The molecule has 2 aromatic rings. The van der Waals surface area contributed by atoms with Gasteiger partial charge in [-0.05, 0) is 56.5 Å². The van der Waals surface area contributed by atoms with Gasteiger partial charge in [-0.15, -0.1) is 0 Å². The van der Waals surface area contributed by atoms with E-state index < -0.39 is 58.0 Å². The molecule has 2 amide bonds. The molecular weight excluding hydrogens is 580 g/mol. The predicted octanol–water partition coefficient (Wildman–Crippen LogP) is 1.44. The molecule has 2 aromatic carbocycles. The molecule has 238 valence electrons. The largest absolute Gasteiger partial charge is 0.511 e. The van der Waals surface area contributed by atoms with Gasteiger partial charge in [0.2, 0.25) is 11.7 Å². The number of carbonyl (C=O) groups is 4. The second-order valence-corrected chi connectivity index (χ2v) is 12.4. The second-order valence-electron chi connectivity index (χ2n) is 12.4. The molecule has 0 saturated heterocycles. The first-order chi connectivity index (χ1) is 21.2. The fraction of sp³-hybridized carbons (Fsp3) is 0.394. The number of phenols is 1. The Balaban J connectivity index is 1.51. The first-order valence-electron chi connectivity index (χ1n) is 14.7. The molecule has 0 fully saturated rings. The Hall–Kier alpha value is -4.68. The third kappa shape index (κ3) is 5.23. The normalized spacial score (nSPS) is 23.3. The van der Waals surface area contributed by atoms with Gasteiger partial charge in [0.25, 0.3) is 5.91 Å². The van der Waals surface area contributed by atoms with Crippen LogP contribution < -0.4 is 16.0 Å². The number of nitrogens with two attached hydrogens (primary N) is 1. The number of amides is 2. The van der Waals surface area contributed by atoms with Crippen molar-refractivity contribution in [1.29, 1.82) is 0 Å². The number of allylic oxidation sites excluding steroid dienone is 2. The van der Waals surface area contributed by atoms with E-state index in [2.05, 4.69) is 5.32 Å². The van der Waals surface area contributed by atoms with E-state index in [0.717, 1.165) is 5.56 Å². The van der Waals surface area contributed by atoms with E-state index in [9.17, 15) is 39.6 Å². The summed E-state index contributed by atoms with van der Waals surface area (Å²) in [6.45, 7) is -0.101. The fourth-order valence-electron chi connectivity index (χ4n) is 6.90. The van der Waals surface area contributed by atoms with Crippen molar-refractivity contribution >= 4 is 29.1 Å². The number of fused-ring (bicyclic) bond motifs is 3. The number of nitrogens with one attached hydrogen (secondary N) is 1. The maximum Gasteiger partial charge on any atom is 0.255 e. The summed E-state index contributed by atoms with van der Waals surface area (Å²) >= 11 is 0. The SMILES string of the molecule is CN(C)c1cc(CNC(=O)C(Cc2ccccc2)N(C)C)c(O)c2c1C[C@H]1C[C@H]3CC(O)=C(C(N)=O)C(=O)[C@@]3(O)C(O)=C1C2=O. The maximum absolute atomic E-state index is 14.1. The maximum atomic E-state index is 14.1. The van der Waals surface area contributed by atoms with Crippen molar-refractivity contribution in [1.82, 2.24) is 10.2 Å². The van der Waals surface area contributed by atoms with Crippen LogP contribution in [-0.2, 0) is 33.8 Å². The van der Waals surface area contributed by atoms with Crippen molar-refractivity contribution in [2.24, 2.45) is 17.6 Å². The Labute approximate surface area is 260 Å². The Morgan fingerprint density at radius 2 is 1.73 bits per heavy atom. The molecule has 0 bridgehead atoms. The van der Waals surface area contributed by atoms with E-state index in [4.69, 9.17) is 5.73 Å². The number of nitrogens with zero attached hydrogens (tertiary/aromatic N) is 2. The summed E-state index contributed by atoms with van der Waals surface area (Å²) in [5.74, 6) is -7.11. The average Bonchev–Trinajstić information content (AvgIpc) is 2.97. The van der Waals surface area contributed by atoms with Gasteiger partial charge >= 0.3 is 0 Å². The molecule has 0 aromatic heterocycles. The van der Waals surface area contributed by atoms with Crippen LogP contribution >= 0.6 is 0 Å². The van der Waals surface area contributed by atoms with Crippen molar-refractivity contribution < 1.29 is 39.6 Å². The van der Waals surface area contributed by atoms with Gasteiger partial charge in [0.15, 0.2) is 11.4 Å². The molecule has 12 heteroatoms. The zero-order chi connectivity index (χ0) is 33.0. The van der Waals surface area contributed by atoms with Gasteiger partial charge in [-0.1, -0.05) is 30.3 Å². The number of phenolic OH excluding ortho intramolecular Hbond substituents is 1. The Kier molecular flexibility index (Phi) is 8.23. The lowest BCUT2D eigenvalue weighted by Gasteiger charge is -2.46. The average molecular weight is 619 g/mol. The number of rotatable bonds is 8. The van der Waals surface area contributed by atoms with Gasteiger partial charge in [-0.3, -0.25) is 24.1 Å². The molecule has 12 nitrogen and oxygen atoms in total. The van der Waals surface area contributed by atoms with Crippen LogP contribution in [0.3, 0.4) is 0 Å². The van der Waals surface area contributed by atoms with Gasteiger partial charge in [-0.25, -0.2) is 0 Å². The number of primary amides is 1. The number of aliphatic hydroxyl groups excluding tert-OH is 2. The molecule has 3 aliphatic carbocycles. The van der Waals surface area contributed by atoms with Crippen LogP contribution in [0.1, 0.15) is 39.9 Å². The highest BCUT2D eigenvalue weighted by Gasteiger charge is 2.59. The minimum atomic E-state index is -2.64. The number of aliphatic hydroxyl groups is 3. The van der Waals surface area contributed by atoms with Gasteiger partial charge < -0.3 is 36.4 Å². The fourth-order valence-corrected chi connectivity index (χ4v) is 6.90. The summed E-state index contributed by atoms with van der Waals surface area (Å²) in [5, 5.41) is 47.5. The number of hydrogen-bond acceptors (Lipinski definition) is 10. The molecule has 0 aliphatic heterocycles. The summed E-state index contributed by atoms with van der Waals surface area (Å²) in [6, 6.07) is 10.8. The molecular formula is C33H38N4O8. The second kappa shape index (κ2) is 11.7. The summed E-state index contributed by atoms with van der Waals surface area (Å²) in [4.78, 5) is 56.1. The number of likely N-dealkylation sites (N-methyl/N-ethyl adjacent to an activating group) is 1. The van der Waals surface area contributed by atoms with E-state index in [1.54, 1.807) is 44.1 Å². The van der Waals surface area contributed by atoms with Crippen molar-refractivity contribution in [2.45, 2.75) is 43.9 Å². The molecule has 0 heterocycles. The molecule has 4 atom stereocenters. The number of anilines is 1. The highest BCUT2D eigenvalue weighted by Crippen LogP contribution is 2.52. The summed E-state index contributed by atoms with van der Waals surface area (Å²) in [6.07, 6.45) is 0.390. The highest BCUT2D eigenvalue weighted by molar-refractivity contribution is 6.24. The van der Waals surface area contributed by atoms with Gasteiger partial charge in [0.1, 0.15) is 22.8 Å². The molecule has 0 spiro atoms. The van der Waals surface area contributed by atoms with Gasteiger partial charge in [-0.2, -0.15) is 0 Å². The molecule has 5 rings (SSSR count). The van der Waals surface area contributed by atoms with E-state index in [-0.39, 0.29) is 54.2 Å². The predicted molar refractivity (Wildman–Crippen MR) is 165 cm³/mol. The van der Waals surface area contributed by atoms with E-state index in [1.807, 2.05) is 30.3 Å². The van der Waals surface area contributed by atoms with E-state index in [0.29, 0.717) is 17.7 Å². The standard InChI is InChI=1S/C33H38N4O8/c1-36(2)21-13-18(15-35-32(44)22(37(3)4)10-16-8-6-5-7-9-16)27(39)25-20(21)12-17-11-19-14-23(38)26(31(34)43)30(42)33(19,45)29(41)24(17)28(25)40/h5-9,13,17,19,22,38-39,41,45H,10-12,14-15H2,1-4H3,(H2,34,43)(H,35,44)/t17-,19+,22?,33+/m1/s1. The number of hydrogen-bond donors (Lipinski definition) is 6. The van der Waals surface area contributed by atoms with Gasteiger partial charge in [0, 0.05) is 49.8 Å². The topological polar surface area (TPSA) is 194 Å². The molecule has 1 unspecified atom stereocenters. The van der Waals surface area contributed by atoms with Gasteiger partial charge in [0.05, 0.1) is 11.6 Å². The number of Topliss-reactive ketones (excluding diaryl/α,β-unsaturated/α-hetero) is 2. The van der Waals surface area contributed by atoms with Crippen LogP contribution in [0.25, 0.3) is 0 Å². The number of benzene rings is 2. The summed E-state index contributed by atoms with van der Waals surface area (Å²) in [5.41, 5.74) is 3.86. The van der Waals surface area contributed by atoms with Crippen LogP contribution in [0.4, 0.5) is 5.69 Å².